The van der Waals surface area contributed by atoms with Gasteiger partial charge in [0.2, 0.25) is 12.6 Å². The number of fused-ring (bicyclic) bond motifs is 3. The molecule has 0 N–H and O–H groups in total. The minimum atomic E-state index is -0.0239. The second-order valence-corrected chi connectivity index (χ2v) is 8.57. The Labute approximate surface area is 169 Å². The fraction of sp³-hybridized carbons (Fsp3) is 0.545. The molecule has 7 heteroatoms. The summed E-state index contributed by atoms with van der Waals surface area (Å²) in [6, 6.07) is 8.61. The predicted molar refractivity (Wildman–Crippen MR) is 104 cm³/mol. The summed E-state index contributed by atoms with van der Waals surface area (Å²) in [7, 11) is 0. The Morgan fingerprint density at radius 3 is 2.76 bits per heavy atom. The van der Waals surface area contributed by atoms with Gasteiger partial charge in [0.25, 0.3) is 5.91 Å². The van der Waals surface area contributed by atoms with Crippen LogP contribution in [0.1, 0.15) is 47.5 Å². The summed E-state index contributed by atoms with van der Waals surface area (Å²) in [6.07, 6.45) is 3.09. The highest BCUT2D eigenvalue weighted by Gasteiger charge is 2.55. The number of hydrogen-bond donors (Lipinski definition) is 0. The molecule has 152 valence electrons. The number of carbonyl (C=O) groups excluding carboxylic acids is 1. The van der Waals surface area contributed by atoms with Crippen LogP contribution in [0.2, 0.25) is 0 Å². The first-order chi connectivity index (χ1) is 14.2. The topological polar surface area (TPSA) is 68.0 Å². The SMILES string of the molecule is CCc1cc(C(=O)N2C[C@@H](c3ccc4c(c3)OCO4)[C@@H]3[C@H]2C2CCN3CC2)on1. The van der Waals surface area contributed by atoms with Crippen LogP contribution in [0.5, 0.6) is 11.5 Å². The first-order valence-corrected chi connectivity index (χ1v) is 10.6. The molecule has 2 bridgehead atoms. The van der Waals surface area contributed by atoms with Gasteiger partial charge >= 0.3 is 0 Å². The molecule has 0 aliphatic carbocycles. The molecular weight excluding hydrogens is 370 g/mol. The molecule has 29 heavy (non-hydrogen) atoms. The van der Waals surface area contributed by atoms with Gasteiger partial charge in [-0.05, 0) is 56.0 Å². The third-order valence-electron chi connectivity index (χ3n) is 7.21. The van der Waals surface area contributed by atoms with Gasteiger partial charge < -0.3 is 18.9 Å². The van der Waals surface area contributed by atoms with E-state index in [0.717, 1.165) is 49.5 Å². The molecule has 7 rings (SSSR count). The number of aryl methyl sites for hydroxylation is 1. The second kappa shape index (κ2) is 6.49. The van der Waals surface area contributed by atoms with E-state index in [4.69, 9.17) is 14.0 Å². The third-order valence-corrected chi connectivity index (χ3v) is 7.21. The highest BCUT2D eigenvalue weighted by molar-refractivity contribution is 5.92. The number of carbonyl (C=O) groups is 1. The van der Waals surface area contributed by atoms with E-state index >= 15 is 0 Å². The van der Waals surface area contributed by atoms with E-state index in [1.807, 2.05) is 13.0 Å². The van der Waals surface area contributed by atoms with Crippen LogP contribution in [0.15, 0.2) is 28.8 Å². The Kier molecular flexibility index (Phi) is 3.88. The molecule has 0 spiro atoms. The first kappa shape index (κ1) is 17.3. The van der Waals surface area contributed by atoms with Gasteiger partial charge in [0.1, 0.15) is 0 Å². The van der Waals surface area contributed by atoms with Crippen LogP contribution in [-0.4, -0.2) is 59.4 Å². The van der Waals surface area contributed by atoms with Gasteiger partial charge in [0.05, 0.1) is 11.7 Å². The molecule has 0 unspecified atom stereocenters. The average Bonchev–Trinajstić information content (AvgIpc) is 3.51. The third kappa shape index (κ3) is 2.60. The fourth-order valence-electron chi connectivity index (χ4n) is 5.81. The molecule has 0 radical (unpaired) electrons. The van der Waals surface area contributed by atoms with Crippen LogP contribution in [0.25, 0.3) is 0 Å². The van der Waals surface area contributed by atoms with E-state index < -0.39 is 0 Å². The number of likely N-dealkylation sites (tertiary alicyclic amines) is 1. The molecule has 6 heterocycles. The molecule has 4 saturated heterocycles. The summed E-state index contributed by atoms with van der Waals surface area (Å²) in [6.45, 7) is 5.23. The van der Waals surface area contributed by atoms with Crippen molar-refractivity contribution in [2.45, 2.75) is 44.2 Å². The fourth-order valence-corrected chi connectivity index (χ4v) is 5.81. The molecule has 2 aromatic rings. The van der Waals surface area contributed by atoms with Crippen molar-refractivity contribution in [2.75, 3.05) is 26.4 Å². The van der Waals surface area contributed by atoms with Crippen LogP contribution >= 0.6 is 0 Å². The van der Waals surface area contributed by atoms with Crippen molar-refractivity contribution < 1.29 is 18.8 Å². The van der Waals surface area contributed by atoms with Crippen molar-refractivity contribution in [2.24, 2.45) is 5.92 Å². The summed E-state index contributed by atoms with van der Waals surface area (Å²) < 4.78 is 16.5. The number of hydrogen-bond acceptors (Lipinski definition) is 6. The maximum atomic E-state index is 13.4. The van der Waals surface area contributed by atoms with Crippen molar-refractivity contribution in [3.63, 3.8) is 0 Å². The molecule has 7 nitrogen and oxygen atoms in total. The van der Waals surface area contributed by atoms with Crippen molar-refractivity contribution in [1.82, 2.24) is 15.0 Å². The Balaban J connectivity index is 1.37. The standard InChI is InChI=1S/C22H25N3O4/c1-2-15-10-19(29-23-15)22(26)25-11-16(14-3-4-17-18(9-14)28-12-27-17)21-20(25)13-5-7-24(21)8-6-13/h3-4,9-10,13,16,20-21H,2,5-8,11-12H2,1H3/t16-,20+,21+/m0/s1. The molecule has 5 aliphatic rings. The van der Waals surface area contributed by atoms with Crippen LogP contribution in [0.3, 0.4) is 0 Å². The smallest absolute Gasteiger partial charge is 0.292 e. The van der Waals surface area contributed by atoms with E-state index in [0.29, 0.717) is 24.3 Å². The lowest BCUT2D eigenvalue weighted by atomic mass is 9.75. The predicted octanol–water partition coefficient (Wildman–Crippen LogP) is 2.67. The highest BCUT2D eigenvalue weighted by atomic mass is 16.7. The van der Waals surface area contributed by atoms with Crippen molar-refractivity contribution in [3.8, 4) is 11.5 Å². The van der Waals surface area contributed by atoms with Crippen LogP contribution in [0.4, 0.5) is 0 Å². The lowest BCUT2D eigenvalue weighted by molar-refractivity contribution is -0.00452. The molecule has 1 aromatic carbocycles. The summed E-state index contributed by atoms with van der Waals surface area (Å²) in [4.78, 5) is 18.1. The van der Waals surface area contributed by atoms with Gasteiger partial charge in [-0.15, -0.1) is 0 Å². The van der Waals surface area contributed by atoms with E-state index in [2.05, 4.69) is 27.1 Å². The lowest BCUT2D eigenvalue weighted by Crippen LogP contribution is -2.60. The molecule has 1 aromatic heterocycles. The first-order valence-electron chi connectivity index (χ1n) is 10.6. The summed E-state index contributed by atoms with van der Waals surface area (Å²) in [5.74, 6) is 2.77. The quantitative estimate of drug-likeness (QED) is 0.796. The molecule has 4 fully saturated rings. The van der Waals surface area contributed by atoms with E-state index in [1.54, 1.807) is 6.07 Å². The second-order valence-electron chi connectivity index (χ2n) is 8.57. The number of piperidine rings is 3. The van der Waals surface area contributed by atoms with Crippen molar-refractivity contribution in [1.29, 1.82) is 0 Å². The van der Waals surface area contributed by atoms with Gasteiger partial charge in [-0.25, -0.2) is 0 Å². The maximum Gasteiger partial charge on any atom is 0.292 e. The Bertz CT molecular complexity index is 949. The van der Waals surface area contributed by atoms with Crippen LogP contribution in [-0.2, 0) is 6.42 Å². The molecule has 5 aliphatic heterocycles. The zero-order valence-corrected chi connectivity index (χ0v) is 16.5. The minimum Gasteiger partial charge on any atom is -0.454 e. The zero-order valence-electron chi connectivity index (χ0n) is 16.5. The van der Waals surface area contributed by atoms with Gasteiger partial charge in [-0.2, -0.15) is 0 Å². The van der Waals surface area contributed by atoms with Gasteiger partial charge in [0.15, 0.2) is 11.5 Å². The van der Waals surface area contributed by atoms with Crippen molar-refractivity contribution in [3.05, 3.63) is 41.3 Å². The van der Waals surface area contributed by atoms with Crippen LogP contribution < -0.4 is 9.47 Å². The van der Waals surface area contributed by atoms with Crippen LogP contribution in [0, 0.1) is 5.92 Å². The highest BCUT2D eigenvalue weighted by Crippen LogP contribution is 2.48. The maximum absolute atomic E-state index is 13.4. The number of aromatic nitrogens is 1. The zero-order chi connectivity index (χ0) is 19.5. The largest absolute Gasteiger partial charge is 0.454 e. The molecule has 1 amide bonds. The number of ether oxygens (including phenoxy) is 2. The lowest BCUT2D eigenvalue weighted by Gasteiger charge is -2.51. The Hall–Kier alpha value is -2.54. The van der Waals surface area contributed by atoms with Gasteiger partial charge in [0, 0.05) is 24.6 Å². The average molecular weight is 395 g/mol. The Morgan fingerprint density at radius 1 is 1.14 bits per heavy atom. The normalized spacial score (nSPS) is 31.9. The van der Waals surface area contributed by atoms with Gasteiger partial charge in [-0.3, -0.25) is 9.69 Å². The summed E-state index contributed by atoms with van der Waals surface area (Å²) >= 11 is 0. The minimum absolute atomic E-state index is 0.0239. The Morgan fingerprint density at radius 2 is 1.97 bits per heavy atom. The molecular formula is C22H25N3O4. The van der Waals surface area contributed by atoms with Crippen molar-refractivity contribution >= 4 is 5.91 Å². The number of amides is 1. The molecule has 3 atom stereocenters. The monoisotopic (exact) mass is 395 g/mol. The van der Waals surface area contributed by atoms with E-state index in [-0.39, 0.29) is 24.7 Å². The summed E-state index contributed by atoms with van der Waals surface area (Å²) in [5.41, 5.74) is 2.05. The van der Waals surface area contributed by atoms with Gasteiger partial charge in [-0.1, -0.05) is 18.1 Å². The van der Waals surface area contributed by atoms with E-state index in [9.17, 15) is 4.79 Å². The number of benzene rings is 1. The summed E-state index contributed by atoms with van der Waals surface area (Å²) in [5, 5.41) is 4.03. The van der Waals surface area contributed by atoms with E-state index in [1.165, 1.54) is 5.56 Å². The number of nitrogens with zero attached hydrogens (tertiary/aromatic N) is 3. The molecule has 0 saturated carbocycles. The number of rotatable bonds is 3.